The Morgan fingerprint density at radius 2 is 1.34 bits per heavy atom. The number of piperidine rings is 1. The third kappa shape index (κ3) is 13.1. The molecule has 2 aromatic carbocycles. The van der Waals surface area contributed by atoms with Gasteiger partial charge in [-0.25, -0.2) is 14.4 Å². The van der Waals surface area contributed by atoms with Crippen molar-refractivity contribution in [1.29, 1.82) is 0 Å². The number of nitrogens with zero attached hydrogens (tertiary/aromatic N) is 2. The molecule has 294 valence electrons. The Hall–Kier alpha value is -4.52. The van der Waals surface area contributed by atoms with Crippen molar-refractivity contribution >= 4 is 24.4 Å². The molecule has 2 aliphatic rings. The fourth-order valence-corrected chi connectivity index (χ4v) is 6.19. The average molecular weight is 743 g/mol. The minimum Gasteiger partial charge on any atom is -0.493 e. The molecule has 1 amide bonds. The first kappa shape index (κ1) is 42.9. The van der Waals surface area contributed by atoms with Crippen molar-refractivity contribution in [3.05, 3.63) is 59.2 Å². The highest BCUT2D eigenvalue weighted by Crippen LogP contribution is 2.44. The van der Waals surface area contributed by atoms with Crippen LogP contribution in [0.4, 0.5) is 14.4 Å². The fraction of sp³-hybridized carbons (Fsp3) is 0.600. The average Bonchev–Trinajstić information content (AvgIpc) is 3.04. The second-order valence-electron chi connectivity index (χ2n) is 16.0. The van der Waals surface area contributed by atoms with E-state index < -0.39 is 47.2 Å². The highest BCUT2D eigenvalue weighted by atomic mass is 16.8. The van der Waals surface area contributed by atoms with E-state index in [1.165, 1.54) is 5.56 Å². The Morgan fingerprint density at radius 1 is 0.792 bits per heavy atom. The number of fused-ring (bicyclic) bond motifs is 3. The van der Waals surface area contributed by atoms with Gasteiger partial charge < -0.3 is 33.2 Å². The number of amides is 1. The van der Waals surface area contributed by atoms with E-state index in [-0.39, 0.29) is 18.6 Å². The van der Waals surface area contributed by atoms with Crippen molar-refractivity contribution < 1.29 is 52.3 Å². The number of hydrogen-bond donors (Lipinski definition) is 0. The van der Waals surface area contributed by atoms with Crippen LogP contribution < -0.4 is 9.47 Å². The zero-order valence-corrected chi connectivity index (χ0v) is 33.4. The SMILES string of the molecule is CC(C)(C)OC(=O)OC(=O)OC(C)(C)C.CCOC(=O)C1CN2CCc3cc(OC)c(OC)cc3C2CC1N(Cc1ccccc1)C(=O)OC(C)(C)C. The first-order chi connectivity index (χ1) is 24.6. The fourth-order valence-electron chi connectivity index (χ4n) is 6.19. The summed E-state index contributed by atoms with van der Waals surface area (Å²) in [7, 11) is 3.28. The summed E-state index contributed by atoms with van der Waals surface area (Å²) >= 11 is 0. The molecular formula is C40H58N2O11. The molecule has 2 heterocycles. The molecule has 0 saturated carbocycles. The summed E-state index contributed by atoms with van der Waals surface area (Å²) in [5.41, 5.74) is 1.25. The zero-order valence-electron chi connectivity index (χ0n) is 33.4. The second-order valence-corrected chi connectivity index (χ2v) is 16.0. The maximum absolute atomic E-state index is 13.7. The molecule has 13 nitrogen and oxygen atoms in total. The first-order valence-electron chi connectivity index (χ1n) is 18.0. The third-order valence-electron chi connectivity index (χ3n) is 8.23. The number of hydrogen-bond acceptors (Lipinski definition) is 12. The van der Waals surface area contributed by atoms with Gasteiger partial charge in [-0.1, -0.05) is 30.3 Å². The van der Waals surface area contributed by atoms with E-state index in [1.807, 2.05) is 70.2 Å². The van der Waals surface area contributed by atoms with Gasteiger partial charge in [0.2, 0.25) is 0 Å². The minimum atomic E-state index is -1.06. The highest BCUT2D eigenvalue weighted by Gasteiger charge is 2.47. The van der Waals surface area contributed by atoms with Gasteiger partial charge in [0.15, 0.2) is 11.5 Å². The zero-order chi connectivity index (χ0) is 39.7. The lowest BCUT2D eigenvalue weighted by molar-refractivity contribution is -0.154. The van der Waals surface area contributed by atoms with Crippen molar-refractivity contribution in [3.8, 4) is 11.5 Å². The van der Waals surface area contributed by atoms with E-state index in [4.69, 9.17) is 28.4 Å². The van der Waals surface area contributed by atoms with Gasteiger partial charge in [-0.05, 0) is 111 Å². The molecule has 0 aromatic heterocycles. The van der Waals surface area contributed by atoms with E-state index >= 15 is 0 Å². The van der Waals surface area contributed by atoms with Crippen molar-refractivity contribution in [2.75, 3.05) is 33.9 Å². The lowest BCUT2D eigenvalue weighted by Gasteiger charge is -2.49. The van der Waals surface area contributed by atoms with Crippen LogP contribution in [0.3, 0.4) is 0 Å². The topological polar surface area (TPSA) is 139 Å². The van der Waals surface area contributed by atoms with Crippen LogP contribution in [-0.4, -0.2) is 90.9 Å². The molecule has 2 aliphatic heterocycles. The minimum absolute atomic E-state index is 0.00921. The Labute approximate surface area is 314 Å². The van der Waals surface area contributed by atoms with Gasteiger partial charge in [0.05, 0.1) is 32.8 Å². The van der Waals surface area contributed by atoms with Crippen LogP contribution in [0, 0.1) is 5.92 Å². The largest absolute Gasteiger partial charge is 0.519 e. The maximum Gasteiger partial charge on any atom is 0.519 e. The number of methoxy groups -OCH3 is 2. The molecule has 0 bridgehead atoms. The van der Waals surface area contributed by atoms with E-state index in [0.29, 0.717) is 31.0 Å². The van der Waals surface area contributed by atoms with Gasteiger partial charge in [0.25, 0.3) is 0 Å². The molecular weight excluding hydrogens is 684 g/mol. The molecule has 1 fully saturated rings. The number of ether oxygens (including phenoxy) is 7. The van der Waals surface area contributed by atoms with Gasteiger partial charge in [-0.3, -0.25) is 14.6 Å². The summed E-state index contributed by atoms with van der Waals surface area (Å²) in [5, 5.41) is 0. The molecule has 0 spiro atoms. The number of rotatable bonds is 7. The number of benzene rings is 2. The summed E-state index contributed by atoms with van der Waals surface area (Å²) in [5.74, 6) is 0.598. The van der Waals surface area contributed by atoms with Gasteiger partial charge >= 0.3 is 24.4 Å². The van der Waals surface area contributed by atoms with Crippen molar-refractivity contribution in [2.24, 2.45) is 5.92 Å². The molecule has 2 aromatic rings. The van der Waals surface area contributed by atoms with Crippen LogP contribution in [0.5, 0.6) is 11.5 Å². The third-order valence-corrected chi connectivity index (χ3v) is 8.23. The lowest BCUT2D eigenvalue weighted by Crippen LogP contribution is -2.57. The number of carbonyl (C=O) groups excluding carboxylic acids is 4. The highest BCUT2D eigenvalue weighted by molar-refractivity contribution is 5.77. The van der Waals surface area contributed by atoms with Gasteiger partial charge in [-0.2, -0.15) is 0 Å². The van der Waals surface area contributed by atoms with Gasteiger partial charge in [0.1, 0.15) is 16.8 Å². The Morgan fingerprint density at radius 3 is 1.85 bits per heavy atom. The van der Waals surface area contributed by atoms with Gasteiger partial charge in [-0.15, -0.1) is 0 Å². The predicted molar refractivity (Wildman–Crippen MR) is 198 cm³/mol. The molecule has 0 radical (unpaired) electrons. The summed E-state index contributed by atoms with van der Waals surface area (Å²) in [6.45, 7) is 19.3. The molecule has 0 N–H and O–H groups in total. The predicted octanol–water partition coefficient (Wildman–Crippen LogP) is 7.87. The number of carbonyl (C=O) groups is 4. The van der Waals surface area contributed by atoms with Crippen LogP contribution in [0.15, 0.2) is 42.5 Å². The quantitative estimate of drug-likeness (QED) is 0.155. The monoisotopic (exact) mass is 742 g/mol. The van der Waals surface area contributed by atoms with Crippen LogP contribution >= 0.6 is 0 Å². The van der Waals surface area contributed by atoms with Crippen molar-refractivity contribution in [2.45, 2.75) is 118 Å². The molecule has 53 heavy (non-hydrogen) atoms. The second kappa shape index (κ2) is 18.0. The molecule has 3 atom stereocenters. The summed E-state index contributed by atoms with van der Waals surface area (Å²) in [6, 6.07) is 13.5. The summed E-state index contributed by atoms with van der Waals surface area (Å²) < 4.78 is 36.4. The Balaban J connectivity index is 0.000000426. The molecule has 13 heteroatoms. The van der Waals surface area contributed by atoms with Crippen LogP contribution in [0.2, 0.25) is 0 Å². The summed E-state index contributed by atoms with van der Waals surface area (Å²) in [6.07, 6.45) is -1.14. The van der Waals surface area contributed by atoms with Crippen LogP contribution in [0.25, 0.3) is 0 Å². The standard InChI is InChI=1S/C30H40N2O6.C10H18O5/c1-7-37-28(33)23-19-31-14-13-21-15-26(35-5)27(36-6)16-22(21)24(31)17-25(23)32(29(34)38-30(2,3)4)18-20-11-9-8-10-12-20;1-9(2,3)14-7(11)13-8(12)15-10(4,5)6/h8-12,15-16,23-25H,7,13-14,17-19H2,1-6H3;1-6H3. The molecule has 4 rings (SSSR count). The van der Waals surface area contributed by atoms with E-state index in [9.17, 15) is 19.2 Å². The Bertz CT molecular complexity index is 1530. The van der Waals surface area contributed by atoms with Crippen molar-refractivity contribution in [3.63, 3.8) is 0 Å². The molecule has 3 unspecified atom stereocenters. The Kier molecular flexibility index (Phi) is 14.6. The lowest BCUT2D eigenvalue weighted by atomic mass is 9.79. The summed E-state index contributed by atoms with van der Waals surface area (Å²) in [4.78, 5) is 53.1. The van der Waals surface area contributed by atoms with Crippen LogP contribution in [-0.2, 0) is 41.4 Å². The smallest absolute Gasteiger partial charge is 0.493 e. The first-order valence-corrected chi connectivity index (χ1v) is 18.0. The van der Waals surface area contributed by atoms with Crippen LogP contribution in [0.1, 0.15) is 98.4 Å². The molecule has 0 aliphatic carbocycles. The van der Waals surface area contributed by atoms with E-state index in [2.05, 4.69) is 9.64 Å². The normalized spacial score (nSPS) is 18.5. The van der Waals surface area contributed by atoms with Gasteiger partial charge in [0, 0.05) is 25.7 Å². The number of esters is 1. The van der Waals surface area contributed by atoms with E-state index in [0.717, 1.165) is 24.1 Å². The maximum atomic E-state index is 13.7. The van der Waals surface area contributed by atoms with E-state index in [1.54, 1.807) is 60.7 Å². The van der Waals surface area contributed by atoms with Crippen molar-refractivity contribution in [1.82, 2.24) is 9.80 Å². The molecule has 1 saturated heterocycles.